The van der Waals surface area contributed by atoms with Crippen molar-refractivity contribution in [2.75, 3.05) is 23.4 Å². The Morgan fingerprint density at radius 1 is 1.03 bits per heavy atom. The molecule has 0 saturated carbocycles. The van der Waals surface area contributed by atoms with Crippen LogP contribution in [0.4, 0.5) is 18.9 Å². The number of anilines is 1. The molecule has 0 aliphatic heterocycles. The highest BCUT2D eigenvalue weighted by Crippen LogP contribution is 2.32. The topological polar surface area (TPSA) is 101 Å². The van der Waals surface area contributed by atoms with E-state index in [0.717, 1.165) is 35.0 Å². The van der Waals surface area contributed by atoms with Gasteiger partial charge in [-0.25, -0.2) is 16.8 Å². The minimum atomic E-state index is -4.62. The zero-order chi connectivity index (χ0) is 25.0. The molecule has 7 nitrogen and oxygen atoms in total. The Labute approximate surface area is 191 Å². The summed E-state index contributed by atoms with van der Waals surface area (Å²) in [5.74, 6) is -0.382. The van der Waals surface area contributed by atoms with Gasteiger partial charge in [0, 0.05) is 19.2 Å². The van der Waals surface area contributed by atoms with Crippen molar-refractivity contribution in [1.82, 2.24) is 5.32 Å². The van der Waals surface area contributed by atoms with E-state index in [2.05, 4.69) is 5.32 Å². The van der Waals surface area contributed by atoms with Gasteiger partial charge in [0.15, 0.2) is 9.84 Å². The summed E-state index contributed by atoms with van der Waals surface area (Å²) in [5.41, 5.74) is -0.424. The van der Waals surface area contributed by atoms with Gasteiger partial charge >= 0.3 is 6.18 Å². The number of sulfonamides is 1. The van der Waals surface area contributed by atoms with Crippen molar-refractivity contribution < 1.29 is 34.8 Å². The number of amides is 1. The van der Waals surface area contributed by atoms with E-state index >= 15 is 0 Å². The highest BCUT2D eigenvalue weighted by atomic mass is 32.2. The van der Waals surface area contributed by atoms with E-state index in [1.807, 2.05) is 0 Å². The molecular formula is C21H25F3N2O5S2. The van der Waals surface area contributed by atoms with E-state index in [9.17, 15) is 34.8 Å². The van der Waals surface area contributed by atoms with Crippen LogP contribution < -0.4 is 9.62 Å². The number of hydrogen-bond donors (Lipinski definition) is 1. The van der Waals surface area contributed by atoms with Crippen LogP contribution in [0, 0.1) is 0 Å². The number of nitrogens with one attached hydrogen (secondary N) is 1. The third-order valence-corrected chi connectivity index (χ3v) is 7.14. The number of halogens is 3. The van der Waals surface area contributed by atoms with Crippen molar-refractivity contribution in [3.8, 4) is 0 Å². The average molecular weight is 507 g/mol. The average Bonchev–Trinajstić information content (AvgIpc) is 2.69. The fraction of sp³-hybridized carbons (Fsp3) is 0.381. The molecule has 2 aromatic carbocycles. The molecule has 0 fully saturated rings. The third-order valence-electron chi connectivity index (χ3n) is 4.81. The van der Waals surface area contributed by atoms with Crippen molar-refractivity contribution in [2.45, 2.75) is 36.9 Å². The second kappa shape index (κ2) is 10.1. The molecule has 2 aromatic rings. The Morgan fingerprint density at radius 2 is 1.64 bits per heavy atom. The van der Waals surface area contributed by atoms with Gasteiger partial charge in [0.05, 0.1) is 28.4 Å². The van der Waals surface area contributed by atoms with Gasteiger partial charge in [-0.1, -0.05) is 18.2 Å². The van der Waals surface area contributed by atoms with Crippen LogP contribution >= 0.6 is 0 Å². The summed E-state index contributed by atoms with van der Waals surface area (Å²) in [4.78, 5) is 12.4. The first kappa shape index (κ1) is 26.7. The Balaban J connectivity index is 2.01. The van der Waals surface area contributed by atoms with E-state index in [4.69, 9.17) is 0 Å². The molecule has 12 heteroatoms. The highest BCUT2D eigenvalue weighted by molar-refractivity contribution is 7.92. The zero-order valence-corrected chi connectivity index (χ0v) is 19.9. The number of hydrogen-bond acceptors (Lipinski definition) is 5. The van der Waals surface area contributed by atoms with Gasteiger partial charge in [-0.05, 0) is 49.2 Å². The summed E-state index contributed by atoms with van der Waals surface area (Å²) in [6.07, 6.45) is -2.62. The lowest BCUT2D eigenvalue weighted by Gasteiger charge is -2.23. The fourth-order valence-corrected chi connectivity index (χ4v) is 4.70. The molecule has 0 radical (unpaired) electrons. The smallest absolute Gasteiger partial charge is 0.350 e. The van der Waals surface area contributed by atoms with Crippen LogP contribution in [0.2, 0.25) is 0 Å². The second-order valence-corrected chi connectivity index (χ2v) is 11.5. The first-order chi connectivity index (χ1) is 15.1. The molecule has 1 N–H and O–H groups in total. The molecule has 0 bridgehead atoms. The zero-order valence-electron chi connectivity index (χ0n) is 18.3. The molecule has 33 heavy (non-hydrogen) atoms. The summed E-state index contributed by atoms with van der Waals surface area (Å²) in [6, 6.07) is 9.60. The van der Waals surface area contributed by atoms with Crippen molar-refractivity contribution in [3.05, 3.63) is 59.7 Å². The first-order valence-corrected chi connectivity index (χ1v) is 13.6. The van der Waals surface area contributed by atoms with Crippen molar-refractivity contribution in [1.29, 1.82) is 0 Å². The SMILES string of the molecule is C[C@@H](NC(=O)CCCN(c1cccc(C(F)(F)F)c1)S(C)(=O)=O)c1ccc(S(C)(=O)=O)cc1. The molecule has 0 saturated heterocycles. The molecule has 0 aliphatic rings. The number of nitrogens with zero attached hydrogens (tertiary/aromatic N) is 1. The van der Waals surface area contributed by atoms with Crippen molar-refractivity contribution in [3.63, 3.8) is 0 Å². The second-order valence-electron chi connectivity index (χ2n) is 7.62. The number of carbonyl (C=O) groups is 1. The molecule has 1 amide bonds. The van der Waals surface area contributed by atoms with Crippen molar-refractivity contribution >= 4 is 31.5 Å². The van der Waals surface area contributed by atoms with E-state index < -0.39 is 37.6 Å². The summed E-state index contributed by atoms with van der Waals surface area (Å²) in [5, 5.41) is 2.73. The molecule has 0 aromatic heterocycles. The first-order valence-electron chi connectivity index (χ1n) is 9.83. The monoisotopic (exact) mass is 506 g/mol. The minimum absolute atomic E-state index is 0.0588. The maximum absolute atomic E-state index is 13.0. The Hall–Kier alpha value is -2.60. The molecule has 2 rings (SSSR count). The molecule has 0 aliphatic carbocycles. The normalized spacial score (nSPS) is 13.4. The predicted octanol–water partition coefficient (Wildman–Crippen LogP) is 3.53. The Morgan fingerprint density at radius 3 is 2.15 bits per heavy atom. The number of rotatable bonds is 9. The molecule has 0 unspecified atom stereocenters. The van der Waals surface area contributed by atoms with Gasteiger partial charge < -0.3 is 5.32 Å². The van der Waals surface area contributed by atoms with E-state index in [0.29, 0.717) is 5.56 Å². The Kier molecular flexibility index (Phi) is 8.18. The maximum atomic E-state index is 13.0. The quantitative estimate of drug-likeness (QED) is 0.561. The largest absolute Gasteiger partial charge is 0.416 e. The van der Waals surface area contributed by atoms with Crippen LogP contribution in [-0.4, -0.2) is 41.8 Å². The van der Waals surface area contributed by atoms with Crippen LogP contribution in [0.5, 0.6) is 0 Å². The summed E-state index contributed by atoms with van der Waals surface area (Å²) in [7, 11) is -7.21. The van der Waals surface area contributed by atoms with E-state index in [-0.39, 0.29) is 35.9 Å². The number of benzene rings is 2. The van der Waals surface area contributed by atoms with E-state index in [1.54, 1.807) is 19.1 Å². The van der Waals surface area contributed by atoms with Crippen molar-refractivity contribution in [2.24, 2.45) is 0 Å². The summed E-state index contributed by atoms with van der Waals surface area (Å²) < 4.78 is 87.1. The van der Waals surface area contributed by atoms with Gasteiger partial charge in [0.25, 0.3) is 0 Å². The maximum Gasteiger partial charge on any atom is 0.416 e. The fourth-order valence-electron chi connectivity index (χ4n) is 3.11. The van der Waals surface area contributed by atoms with Crippen LogP contribution in [0.3, 0.4) is 0 Å². The van der Waals surface area contributed by atoms with Crippen LogP contribution in [0.15, 0.2) is 53.4 Å². The molecule has 182 valence electrons. The van der Waals surface area contributed by atoms with Crippen LogP contribution in [0.1, 0.15) is 36.9 Å². The highest BCUT2D eigenvalue weighted by Gasteiger charge is 2.31. The molecule has 0 spiro atoms. The summed E-state index contributed by atoms with van der Waals surface area (Å²) >= 11 is 0. The van der Waals surface area contributed by atoms with Gasteiger partial charge in [0.2, 0.25) is 15.9 Å². The number of carbonyl (C=O) groups excluding carboxylic acids is 1. The van der Waals surface area contributed by atoms with E-state index in [1.165, 1.54) is 18.2 Å². The molecule has 1 atom stereocenters. The molecular weight excluding hydrogens is 481 g/mol. The van der Waals surface area contributed by atoms with Gasteiger partial charge in [-0.15, -0.1) is 0 Å². The molecule has 0 heterocycles. The lowest BCUT2D eigenvalue weighted by molar-refractivity contribution is -0.137. The third kappa shape index (κ3) is 7.74. The Bertz CT molecular complexity index is 1200. The lowest BCUT2D eigenvalue weighted by atomic mass is 10.1. The van der Waals surface area contributed by atoms with Crippen LogP contribution in [-0.2, 0) is 30.8 Å². The van der Waals surface area contributed by atoms with Crippen LogP contribution in [0.25, 0.3) is 0 Å². The number of alkyl halides is 3. The van der Waals surface area contributed by atoms with Gasteiger partial charge in [0.1, 0.15) is 0 Å². The number of sulfone groups is 1. The predicted molar refractivity (Wildman–Crippen MR) is 119 cm³/mol. The minimum Gasteiger partial charge on any atom is -0.350 e. The summed E-state index contributed by atoms with van der Waals surface area (Å²) in [6.45, 7) is 1.53. The standard InChI is InChI=1S/C21H25F3N2O5S2/c1-15(16-9-11-19(12-10-16)32(2,28)29)25-20(27)8-5-13-26(33(3,30)31)18-7-4-6-17(14-18)21(22,23)24/h4,6-7,9-12,14-15H,5,8,13H2,1-3H3,(H,25,27)/t15-/m1/s1. The lowest BCUT2D eigenvalue weighted by Crippen LogP contribution is -2.32. The van der Waals surface area contributed by atoms with Gasteiger partial charge in [-0.3, -0.25) is 9.10 Å². The van der Waals surface area contributed by atoms with Gasteiger partial charge in [-0.2, -0.15) is 13.2 Å².